The first-order chi connectivity index (χ1) is 15.8. The quantitative estimate of drug-likeness (QED) is 0.343. The predicted molar refractivity (Wildman–Crippen MR) is 126 cm³/mol. The molecule has 0 amide bonds. The topological polar surface area (TPSA) is 101 Å². The molecule has 33 heavy (non-hydrogen) atoms. The van der Waals surface area contributed by atoms with E-state index in [9.17, 15) is 9.18 Å². The van der Waals surface area contributed by atoms with Crippen LogP contribution in [0.1, 0.15) is 18.8 Å². The van der Waals surface area contributed by atoms with Crippen molar-refractivity contribution in [3.8, 4) is 5.69 Å². The van der Waals surface area contributed by atoms with Crippen molar-refractivity contribution in [2.45, 2.75) is 13.0 Å². The molecule has 3 aromatic heterocycles. The van der Waals surface area contributed by atoms with Gasteiger partial charge >= 0.3 is 0 Å². The van der Waals surface area contributed by atoms with Gasteiger partial charge in [0, 0.05) is 5.02 Å². The first kappa shape index (κ1) is 21.6. The van der Waals surface area contributed by atoms with Gasteiger partial charge in [-0.1, -0.05) is 34.8 Å². The molecule has 8 nitrogen and oxygen atoms in total. The van der Waals surface area contributed by atoms with E-state index in [-0.39, 0.29) is 20.9 Å². The molecule has 0 aliphatic rings. The Morgan fingerprint density at radius 2 is 1.94 bits per heavy atom. The van der Waals surface area contributed by atoms with E-state index in [4.69, 9.17) is 34.8 Å². The van der Waals surface area contributed by atoms with Crippen LogP contribution in [0.4, 0.5) is 10.2 Å². The summed E-state index contributed by atoms with van der Waals surface area (Å²) in [7, 11) is 0. The van der Waals surface area contributed by atoms with Crippen LogP contribution in [0.15, 0.2) is 47.8 Å². The first-order valence-electron chi connectivity index (χ1n) is 9.62. The van der Waals surface area contributed by atoms with Crippen LogP contribution in [0.2, 0.25) is 15.1 Å². The summed E-state index contributed by atoms with van der Waals surface area (Å²) < 4.78 is 15.5. The van der Waals surface area contributed by atoms with Gasteiger partial charge in [0.2, 0.25) is 0 Å². The van der Waals surface area contributed by atoms with Crippen molar-refractivity contribution in [3.05, 3.63) is 80.0 Å². The number of aromatic amines is 1. The number of nitrogens with zero attached hydrogens (tertiary/aromatic N) is 5. The van der Waals surface area contributed by atoms with Crippen LogP contribution in [0, 0.1) is 5.82 Å². The molecular formula is C21H13Cl3FN7O. The predicted octanol–water partition coefficient (Wildman–Crippen LogP) is 5.32. The number of fused-ring (bicyclic) bond motifs is 2. The second-order valence-electron chi connectivity index (χ2n) is 7.15. The number of rotatable bonds is 4. The summed E-state index contributed by atoms with van der Waals surface area (Å²) in [6.07, 6.45) is 2.89. The number of hydrogen-bond donors (Lipinski definition) is 2. The number of halogens is 4. The van der Waals surface area contributed by atoms with Gasteiger partial charge in [-0.05, 0) is 37.3 Å². The molecule has 3 heterocycles. The second-order valence-corrected chi connectivity index (χ2v) is 8.37. The molecule has 0 saturated heterocycles. The van der Waals surface area contributed by atoms with Gasteiger partial charge in [0.05, 0.1) is 39.0 Å². The minimum atomic E-state index is -0.724. The molecule has 0 spiro atoms. The van der Waals surface area contributed by atoms with Gasteiger partial charge < -0.3 is 10.3 Å². The molecule has 1 atom stereocenters. The Bertz CT molecular complexity index is 1600. The lowest BCUT2D eigenvalue weighted by Crippen LogP contribution is -2.28. The van der Waals surface area contributed by atoms with Crippen molar-refractivity contribution in [2.24, 2.45) is 0 Å². The van der Waals surface area contributed by atoms with E-state index in [1.165, 1.54) is 29.4 Å². The number of imidazole rings is 1. The van der Waals surface area contributed by atoms with E-state index >= 15 is 0 Å². The monoisotopic (exact) mass is 503 g/mol. The van der Waals surface area contributed by atoms with Gasteiger partial charge in [0.1, 0.15) is 23.5 Å². The molecule has 166 valence electrons. The summed E-state index contributed by atoms with van der Waals surface area (Å²) in [6, 6.07) is 6.68. The fourth-order valence-corrected chi connectivity index (χ4v) is 4.29. The minimum Gasteiger partial charge on any atom is -0.358 e. The molecule has 0 aliphatic heterocycles. The standard InChI is InChI=1S/C21H13Cl3FN7O/c1-9(30-19-17-18(27-7-26-17)28-8-29-19)20-31-13-4-3-12(25)16(24)15(13)21(33)32(20)14-5-2-10(22)6-11(14)23/h2-9H,1H3,(H2,26,27,28,29,30)/t9-/m0/s1. The molecule has 0 unspecified atom stereocenters. The van der Waals surface area contributed by atoms with E-state index < -0.39 is 17.4 Å². The number of hydrogen-bond acceptors (Lipinski definition) is 6. The molecule has 0 fully saturated rings. The second kappa shape index (κ2) is 8.26. The van der Waals surface area contributed by atoms with E-state index in [0.717, 1.165) is 6.07 Å². The van der Waals surface area contributed by atoms with Gasteiger partial charge in [-0.2, -0.15) is 0 Å². The maximum absolute atomic E-state index is 14.2. The Morgan fingerprint density at radius 3 is 2.73 bits per heavy atom. The number of nitrogens with one attached hydrogen (secondary N) is 2. The highest BCUT2D eigenvalue weighted by Gasteiger charge is 2.23. The summed E-state index contributed by atoms with van der Waals surface area (Å²) in [5.74, 6) is 0.00772. The van der Waals surface area contributed by atoms with Gasteiger partial charge in [0.25, 0.3) is 5.56 Å². The van der Waals surface area contributed by atoms with Crippen molar-refractivity contribution in [1.29, 1.82) is 0 Å². The normalized spacial score (nSPS) is 12.4. The Morgan fingerprint density at radius 1 is 1.12 bits per heavy atom. The largest absolute Gasteiger partial charge is 0.358 e. The zero-order chi connectivity index (χ0) is 23.3. The average molecular weight is 505 g/mol. The Balaban J connectivity index is 1.76. The van der Waals surface area contributed by atoms with Gasteiger partial charge in [0.15, 0.2) is 11.5 Å². The molecular weight excluding hydrogens is 492 g/mol. The smallest absolute Gasteiger partial charge is 0.267 e. The number of H-pyrrole nitrogens is 1. The van der Waals surface area contributed by atoms with Crippen LogP contribution < -0.4 is 10.9 Å². The summed E-state index contributed by atoms with van der Waals surface area (Å²) >= 11 is 18.6. The van der Waals surface area contributed by atoms with E-state index in [1.807, 2.05) is 0 Å². The Kier molecular flexibility index (Phi) is 5.40. The van der Waals surface area contributed by atoms with Crippen LogP contribution in [0.3, 0.4) is 0 Å². The molecule has 5 rings (SSSR count). The SMILES string of the molecule is C[C@H](Nc1ncnc2[nH]cnc12)c1nc2ccc(F)c(Cl)c2c(=O)n1-c1ccc(Cl)cc1Cl. The van der Waals surface area contributed by atoms with E-state index in [2.05, 4.69) is 30.2 Å². The molecule has 5 aromatic rings. The third kappa shape index (κ3) is 3.68. The fourth-order valence-electron chi connectivity index (χ4n) is 3.55. The van der Waals surface area contributed by atoms with Crippen LogP contribution >= 0.6 is 34.8 Å². The van der Waals surface area contributed by atoms with Crippen LogP contribution in [-0.4, -0.2) is 29.5 Å². The number of benzene rings is 2. The molecule has 2 N–H and O–H groups in total. The van der Waals surface area contributed by atoms with Crippen molar-refractivity contribution >= 4 is 62.7 Å². The van der Waals surface area contributed by atoms with Crippen LogP contribution in [-0.2, 0) is 0 Å². The van der Waals surface area contributed by atoms with Gasteiger partial charge in [-0.15, -0.1) is 0 Å². The Labute approximate surface area is 200 Å². The summed E-state index contributed by atoms with van der Waals surface area (Å²) in [5, 5.41) is 3.44. The third-order valence-corrected chi connectivity index (χ3v) is 5.97. The maximum Gasteiger partial charge on any atom is 0.267 e. The summed E-state index contributed by atoms with van der Waals surface area (Å²) in [6.45, 7) is 1.79. The molecule has 0 bridgehead atoms. The lowest BCUT2D eigenvalue weighted by molar-refractivity contribution is 0.629. The minimum absolute atomic E-state index is 0.0599. The first-order valence-corrected chi connectivity index (χ1v) is 10.7. The van der Waals surface area contributed by atoms with Crippen molar-refractivity contribution in [2.75, 3.05) is 5.32 Å². The van der Waals surface area contributed by atoms with Crippen molar-refractivity contribution in [1.82, 2.24) is 29.5 Å². The third-order valence-electron chi connectivity index (χ3n) is 5.06. The van der Waals surface area contributed by atoms with Crippen LogP contribution in [0.5, 0.6) is 0 Å². The molecule has 12 heteroatoms. The molecule has 0 saturated carbocycles. The molecule has 0 aliphatic carbocycles. The Hall–Kier alpha value is -3.27. The van der Waals surface area contributed by atoms with Gasteiger partial charge in [-0.3, -0.25) is 9.36 Å². The average Bonchev–Trinajstić information content (AvgIpc) is 3.27. The number of anilines is 1. The zero-order valence-electron chi connectivity index (χ0n) is 16.8. The van der Waals surface area contributed by atoms with Crippen LogP contribution in [0.25, 0.3) is 27.8 Å². The van der Waals surface area contributed by atoms with E-state index in [0.29, 0.717) is 33.5 Å². The molecule has 2 aromatic carbocycles. The highest BCUT2D eigenvalue weighted by Crippen LogP contribution is 2.30. The van der Waals surface area contributed by atoms with Crippen molar-refractivity contribution in [3.63, 3.8) is 0 Å². The highest BCUT2D eigenvalue weighted by molar-refractivity contribution is 6.36. The van der Waals surface area contributed by atoms with Gasteiger partial charge in [-0.25, -0.2) is 24.3 Å². The lowest BCUT2D eigenvalue weighted by atomic mass is 10.2. The van der Waals surface area contributed by atoms with Crippen molar-refractivity contribution < 1.29 is 4.39 Å². The number of aromatic nitrogens is 6. The van der Waals surface area contributed by atoms with E-state index in [1.54, 1.807) is 19.1 Å². The fraction of sp³-hybridized carbons (Fsp3) is 0.0952. The summed E-state index contributed by atoms with van der Waals surface area (Å²) in [4.78, 5) is 33.7. The molecule has 0 radical (unpaired) electrons. The summed E-state index contributed by atoms with van der Waals surface area (Å²) in [5.41, 5.74) is 1.05. The maximum atomic E-state index is 14.2. The lowest BCUT2D eigenvalue weighted by Gasteiger charge is -2.21. The highest BCUT2D eigenvalue weighted by atomic mass is 35.5. The zero-order valence-corrected chi connectivity index (χ0v) is 19.0.